The van der Waals surface area contributed by atoms with Gasteiger partial charge in [-0.25, -0.2) is 4.79 Å². The molecule has 180 valence electrons. The summed E-state index contributed by atoms with van der Waals surface area (Å²) in [5.41, 5.74) is 4.64. The fourth-order valence-electron chi connectivity index (χ4n) is 5.29. The lowest BCUT2D eigenvalue weighted by Crippen LogP contribution is -2.43. The molecule has 4 rings (SSSR count). The molecule has 34 heavy (non-hydrogen) atoms. The van der Waals surface area contributed by atoms with E-state index in [9.17, 15) is 14.4 Å². The van der Waals surface area contributed by atoms with Crippen LogP contribution in [0.1, 0.15) is 62.5 Å². The summed E-state index contributed by atoms with van der Waals surface area (Å²) in [7, 11) is 0. The number of amides is 2. The summed E-state index contributed by atoms with van der Waals surface area (Å²) >= 11 is 0. The molecule has 1 fully saturated rings. The highest BCUT2D eigenvalue weighted by Crippen LogP contribution is 2.44. The molecule has 2 amide bonds. The van der Waals surface area contributed by atoms with Crippen molar-refractivity contribution in [3.8, 4) is 11.1 Å². The van der Waals surface area contributed by atoms with Crippen LogP contribution in [0.2, 0.25) is 0 Å². The summed E-state index contributed by atoms with van der Waals surface area (Å²) in [5.74, 6) is -1.03. The molecule has 2 aromatic rings. The van der Waals surface area contributed by atoms with E-state index in [1.165, 1.54) is 11.1 Å². The van der Waals surface area contributed by atoms with Gasteiger partial charge in [-0.1, -0.05) is 61.9 Å². The second-order valence-corrected chi connectivity index (χ2v) is 9.14. The number of carboxylic acids is 1. The Kier molecular flexibility index (Phi) is 7.50. The lowest BCUT2D eigenvalue weighted by molar-refractivity contribution is -0.140. The van der Waals surface area contributed by atoms with Gasteiger partial charge in [-0.3, -0.25) is 9.59 Å². The van der Waals surface area contributed by atoms with E-state index in [4.69, 9.17) is 9.84 Å². The van der Waals surface area contributed by atoms with Gasteiger partial charge in [0.15, 0.2) is 0 Å². The molecule has 7 nitrogen and oxygen atoms in total. The smallest absolute Gasteiger partial charge is 0.407 e. The predicted molar refractivity (Wildman–Crippen MR) is 129 cm³/mol. The first-order valence-electron chi connectivity index (χ1n) is 12.1. The Hall–Kier alpha value is -3.35. The molecule has 7 heteroatoms. The molecular weight excluding hydrogens is 432 g/mol. The number of alkyl carbamates (subject to hydrolysis) is 1. The summed E-state index contributed by atoms with van der Waals surface area (Å²) in [6.45, 7) is 2.79. The predicted octanol–water partition coefficient (Wildman–Crippen LogP) is 4.55. The first-order valence-corrected chi connectivity index (χ1v) is 12.1. The molecule has 1 saturated heterocycles. The zero-order valence-electron chi connectivity index (χ0n) is 19.5. The van der Waals surface area contributed by atoms with E-state index < -0.39 is 12.1 Å². The number of benzene rings is 2. The Balaban J connectivity index is 1.36. The molecule has 1 aliphatic heterocycles. The van der Waals surface area contributed by atoms with Crippen molar-refractivity contribution >= 4 is 18.0 Å². The average molecular weight is 465 g/mol. The van der Waals surface area contributed by atoms with Crippen LogP contribution in [0.25, 0.3) is 11.1 Å². The minimum atomic E-state index is -0.897. The van der Waals surface area contributed by atoms with Gasteiger partial charge in [-0.15, -0.1) is 0 Å². The molecular formula is C27H32N2O5. The SMILES string of the molecule is CCC[C@H](CC(=O)N1CCC[C@@H]1CC(=O)O)NC(=O)OCC1c2ccccc2-c2ccccc21. The number of hydrogen-bond donors (Lipinski definition) is 2. The number of rotatable bonds is 9. The van der Waals surface area contributed by atoms with Crippen LogP contribution in [0.3, 0.4) is 0 Å². The zero-order chi connectivity index (χ0) is 24.1. The highest BCUT2D eigenvalue weighted by atomic mass is 16.5. The zero-order valence-corrected chi connectivity index (χ0v) is 19.5. The second-order valence-electron chi connectivity index (χ2n) is 9.14. The maximum absolute atomic E-state index is 12.9. The molecule has 0 radical (unpaired) electrons. The normalized spacial score (nSPS) is 17.7. The first kappa shape index (κ1) is 23.8. The summed E-state index contributed by atoms with van der Waals surface area (Å²) in [4.78, 5) is 38.4. The number of likely N-dealkylation sites (tertiary alicyclic amines) is 1. The fraction of sp³-hybridized carbons (Fsp3) is 0.444. The van der Waals surface area contributed by atoms with Gasteiger partial charge in [0.25, 0.3) is 0 Å². The molecule has 2 atom stereocenters. The molecule has 0 bridgehead atoms. The molecule has 0 saturated carbocycles. The van der Waals surface area contributed by atoms with Crippen molar-refractivity contribution in [1.82, 2.24) is 10.2 Å². The Morgan fingerprint density at radius 2 is 1.74 bits per heavy atom. The highest BCUT2D eigenvalue weighted by Gasteiger charge is 2.32. The number of ether oxygens (including phenoxy) is 1. The van der Waals surface area contributed by atoms with Gasteiger partial charge >= 0.3 is 12.1 Å². The van der Waals surface area contributed by atoms with Crippen molar-refractivity contribution in [2.75, 3.05) is 13.2 Å². The van der Waals surface area contributed by atoms with Crippen molar-refractivity contribution in [2.45, 2.75) is 63.5 Å². The van der Waals surface area contributed by atoms with Crippen LogP contribution in [0, 0.1) is 0 Å². The minimum absolute atomic E-state index is 0.0224. The summed E-state index contributed by atoms with van der Waals surface area (Å²) in [6.07, 6.45) is 2.54. The van der Waals surface area contributed by atoms with Gasteiger partial charge in [0.05, 0.1) is 6.42 Å². The van der Waals surface area contributed by atoms with Crippen LogP contribution in [-0.4, -0.2) is 53.2 Å². The third-order valence-corrected chi connectivity index (χ3v) is 6.83. The third kappa shape index (κ3) is 5.24. The second kappa shape index (κ2) is 10.7. The van der Waals surface area contributed by atoms with Gasteiger partial charge in [0.1, 0.15) is 6.61 Å². The number of nitrogens with one attached hydrogen (secondary N) is 1. The Bertz CT molecular complexity index is 1010. The molecule has 0 aromatic heterocycles. The molecule has 2 aliphatic rings. The lowest BCUT2D eigenvalue weighted by Gasteiger charge is -2.26. The number of nitrogens with zero attached hydrogens (tertiary/aromatic N) is 1. The summed E-state index contributed by atoms with van der Waals surface area (Å²) < 4.78 is 5.64. The highest BCUT2D eigenvalue weighted by molar-refractivity contribution is 5.80. The van der Waals surface area contributed by atoms with Crippen LogP contribution in [0.15, 0.2) is 48.5 Å². The van der Waals surface area contributed by atoms with Crippen LogP contribution in [-0.2, 0) is 14.3 Å². The number of fused-ring (bicyclic) bond motifs is 3. The van der Waals surface area contributed by atoms with Crippen LogP contribution < -0.4 is 5.32 Å². The average Bonchev–Trinajstić information content (AvgIpc) is 3.40. The standard InChI is InChI=1S/C27H32N2O5/c1-2-8-18(15-25(30)29-14-7-9-19(29)16-26(31)32)28-27(33)34-17-24-22-12-5-3-10-20(22)21-11-4-6-13-23(21)24/h3-6,10-13,18-19,24H,2,7-9,14-17H2,1H3,(H,28,33)(H,31,32)/t18-,19-/m1/s1. The third-order valence-electron chi connectivity index (χ3n) is 6.83. The molecule has 1 aliphatic carbocycles. The first-order chi connectivity index (χ1) is 16.5. The number of hydrogen-bond acceptors (Lipinski definition) is 4. The topological polar surface area (TPSA) is 95.9 Å². The van der Waals surface area contributed by atoms with E-state index in [0.717, 1.165) is 24.0 Å². The molecule has 2 N–H and O–H groups in total. The molecule has 2 aromatic carbocycles. The maximum Gasteiger partial charge on any atom is 0.407 e. The van der Waals surface area contributed by atoms with Crippen molar-refractivity contribution in [3.05, 3.63) is 59.7 Å². The number of aliphatic carboxylic acids is 1. The van der Waals surface area contributed by atoms with Gasteiger partial charge in [-0.05, 0) is 41.5 Å². The van der Waals surface area contributed by atoms with E-state index in [1.54, 1.807) is 4.90 Å². The monoisotopic (exact) mass is 464 g/mol. The molecule has 0 spiro atoms. The Morgan fingerprint density at radius 1 is 1.09 bits per heavy atom. The van der Waals surface area contributed by atoms with E-state index in [-0.39, 0.29) is 43.4 Å². The minimum Gasteiger partial charge on any atom is -0.481 e. The van der Waals surface area contributed by atoms with Crippen molar-refractivity contribution in [2.24, 2.45) is 0 Å². The van der Waals surface area contributed by atoms with E-state index in [2.05, 4.69) is 29.6 Å². The number of carbonyl (C=O) groups is 3. The fourth-order valence-corrected chi connectivity index (χ4v) is 5.29. The van der Waals surface area contributed by atoms with Gasteiger partial charge in [0, 0.05) is 31.0 Å². The van der Waals surface area contributed by atoms with Crippen LogP contribution in [0.5, 0.6) is 0 Å². The maximum atomic E-state index is 12.9. The van der Waals surface area contributed by atoms with Gasteiger partial charge in [0.2, 0.25) is 5.91 Å². The van der Waals surface area contributed by atoms with E-state index >= 15 is 0 Å². The van der Waals surface area contributed by atoms with E-state index in [0.29, 0.717) is 19.4 Å². The van der Waals surface area contributed by atoms with Crippen molar-refractivity contribution in [1.29, 1.82) is 0 Å². The van der Waals surface area contributed by atoms with Crippen LogP contribution in [0.4, 0.5) is 4.79 Å². The van der Waals surface area contributed by atoms with Crippen molar-refractivity contribution in [3.63, 3.8) is 0 Å². The van der Waals surface area contributed by atoms with Gasteiger partial charge < -0.3 is 20.1 Å². The van der Waals surface area contributed by atoms with Crippen molar-refractivity contribution < 1.29 is 24.2 Å². The van der Waals surface area contributed by atoms with Crippen LogP contribution >= 0.6 is 0 Å². The van der Waals surface area contributed by atoms with E-state index in [1.807, 2.05) is 31.2 Å². The molecule has 1 heterocycles. The summed E-state index contributed by atoms with van der Waals surface area (Å²) in [6, 6.07) is 15.7. The number of carboxylic acid groups (broad SMARTS) is 1. The largest absolute Gasteiger partial charge is 0.481 e. The number of carbonyl (C=O) groups excluding carboxylic acids is 2. The Labute approximate surface area is 200 Å². The quantitative estimate of drug-likeness (QED) is 0.568. The lowest BCUT2D eigenvalue weighted by atomic mass is 9.98. The Morgan fingerprint density at radius 3 is 2.35 bits per heavy atom. The summed E-state index contributed by atoms with van der Waals surface area (Å²) in [5, 5.41) is 12.0. The van der Waals surface area contributed by atoms with Gasteiger partial charge in [-0.2, -0.15) is 0 Å². The molecule has 0 unspecified atom stereocenters.